The Kier molecular flexibility index (Phi) is 9.57. The third kappa shape index (κ3) is 7.38. The third-order valence-electron chi connectivity index (χ3n) is 6.62. The first-order valence-electron chi connectivity index (χ1n) is 12.9. The van der Waals surface area contributed by atoms with Crippen molar-refractivity contribution in [3.8, 4) is 40.2 Å². The van der Waals surface area contributed by atoms with Crippen LogP contribution < -0.4 is 28.4 Å². The van der Waals surface area contributed by atoms with Crippen LogP contribution in [0.1, 0.15) is 22.3 Å². The Morgan fingerprint density at radius 1 is 0.385 bits per heavy atom. The Morgan fingerprint density at radius 2 is 0.897 bits per heavy atom. The fourth-order valence-corrected chi connectivity index (χ4v) is 4.47. The highest BCUT2D eigenvalue weighted by atomic mass is 16.5. The van der Waals surface area contributed by atoms with Gasteiger partial charge in [-0.3, -0.25) is 0 Å². The fourth-order valence-electron chi connectivity index (χ4n) is 4.47. The summed E-state index contributed by atoms with van der Waals surface area (Å²) in [7, 11) is 8.30. The first-order chi connectivity index (χ1) is 19.0. The van der Waals surface area contributed by atoms with Crippen LogP contribution in [0.25, 0.3) is 0 Å². The lowest BCUT2D eigenvalue weighted by molar-refractivity contribution is 0.354. The van der Waals surface area contributed by atoms with Crippen LogP contribution in [0.3, 0.4) is 0 Å². The van der Waals surface area contributed by atoms with Crippen LogP contribution in [-0.2, 0) is 25.7 Å². The van der Waals surface area contributed by atoms with Crippen LogP contribution >= 0.6 is 0 Å². The zero-order valence-corrected chi connectivity index (χ0v) is 23.3. The largest absolute Gasteiger partial charge is 0.497 e. The minimum atomic E-state index is 0.652. The Labute approximate surface area is 231 Å². The van der Waals surface area contributed by atoms with Gasteiger partial charge in [0, 0.05) is 6.07 Å². The first kappa shape index (κ1) is 27.7. The zero-order chi connectivity index (χ0) is 27.6. The maximum absolute atomic E-state index is 6.29. The highest BCUT2D eigenvalue weighted by molar-refractivity contribution is 5.48. The van der Waals surface area contributed by atoms with Crippen molar-refractivity contribution in [2.45, 2.75) is 25.7 Å². The molecule has 6 heteroatoms. The molecule has 4 aromatic carbocycles. The standard InChI is InChI=1S/C33H36O6/c1-34-27-8-6-7-23(17-27)11-12-26-18-28(35-2)22-29(19-26)39-31-16-14-25(21-33(31)38-5)10-9-24-13-15-30(36-3)32(20-24)37-4/h6-8,13-22H,9-12H2,1-5H3. The second kappa shape index (κ2) is 13.5. The van der Waals surface area contributed by atoms with Crippen molar-refractivity contribution in [1.82, 2.24) is 0 Å². The van der Waals surface area contributed by atoms with Crippen molar-refractivity contribution in [3.63, 3.8) is 0 Å². The summed E-state index contributed by atoms with van der Waals surface area (Å²) in [6.07, 6.45) is 3.42. The van der Waals surface area contributed by atoms with E-state index in [0.717, 1.165) is 59.8 Å². The highest BCUT2D eigenvalue weighted by Crippen LogP contribution is 2.35. The molecule has 0 spiro atoms. The summed E-state index contributed by atoms with van der Waals surface area (Å²) in [6, 6.07) is 26.2. The predicted molar refractivity (Wildman–Crippen MR) is 153 cm³/mol. The van der Waals surface area contributed by atoms with E-state index >= 15 is 0 Å². The number of benzene rings is 4. The lowest BCUT2D eigenvalue weighted by Gasteiger charge is -2.14. The van der Waals surface area contributed by atoms with E-state index in [9.17, 15) is 0 Å². The molecule has 204 valence electrons. The summed E-state index contributed by atoms with van der Waals surface area (Å²) in [5, 5.41) is 0. The molecule has 0 aliphatic carbocycles. The minimum Gasteiger partial charge on any atom is -0.497 e. The third-order valence-corrected chi connectivity index (χ3v) is 6.62. The quantitative estimate of drug-likeness (QED) is 0.185. The Balaban J connectivity index is 1.46. The molecule has 0 aliphatic heterocycles. The van der Waals surface area contributed by atoms with Crippen molar-refractivity contribution in [2.75, 3.05) is 35.5 Å². The first-order valence-corrected chi connectivity index (χ1v) is 12.9. The number of hydrogen-bond acceptors (Lipinski definition) is 6. The number of ether oxygens (including phenoxy) is 6. The number of rotatable bonds is 13. The lowest BCUT2D eigenvalue weighted by atomic mass is 10.0. The smallest absolute Gasteiger partial charge is 0.169 e. The molecule has 0 saturated heterocycles. The van der Waals surface area contributed by atoms with Crippen LogP contribution in [0.2, 0.25) is 0 Å². The molecule has 0 N–H and O–H groups in total. The van der Waals surface area contributed by atoms with Gasteiger partial charge < -0.3 is 28.4 Å². The fraction of sp³-hybridized carbons (Fsp3) is 0.273. The average Bonchev–Trinajstić information content (AvgIpc) is 2.99. The second-order valence-corrected chi connectivity index (χ2v) is 9.14. The zero-order valence-electron chi connectivity index (χ0n) is 23.3. The van der Waals surface area contributed by atoms with Crippen molar-refractivity contribution < 1.29 is 28.4 Å². The van der Waals surface area contributed by atoms with Gasteiger partial charge in [0.25, 0.3) is 0 Å². The average molecular weight is 529 g/mol. The van der Waals surface area contributed by atoms with Crippen LogP contribution in [0.5, 0.6) is 40.2 Å². The lowest BCUT2D eigenvalue weighted by Crippen LogP contribution is -1.98. The van der Waals surface area contributed by atoms with Crippen LogP contribution in [-0.4, -0.2) is 35.5 Å². The summed E-state index contributed by atoms with van der Waals surface area (Å²) in [6.45, 7) is 0. The van der Waals surface area contributed by atoms with E-state index in [1.807, 2.05) is 54.6 Å². The van der Waals surface area contributed by atoms with Crippen LogP contribution in [0.4, 0.5) is 0 Å². The number of hydrogen-bond donors (Lipinski definition) is 0. The second-order valence-electron chi connectivity index (χ2n) is 9.14. The van der Waals surface area contributed by atoms with Crippen molar-refractivity contribution in [2.24, 2.45) is 0 Å². The molecule has 0 radical (unpaired) electrons. The van der Waals surface area contributed by atoms with Gasteiger partial charge in [-0.1, -0.05) is 24.3 Å². The van der Waals surface area contributed by atoms with E-state index in [-0.39, 0.29) is 0 Å². The Morgan fingerprint density at radius 3 is 1.51 bits per heavy atom. The molecular weight excluding hydrogens is 492 g/mol. The summed E-state index contributed by atoms with van der Waals surface area (Å²) in [4.78, 5) is 0. The van der Waals surface area contributed by atoms with E-state index in [4.69, 9.17) is 28.4 Å². The van der Waals surface area contributed by atoms with Crippen LogP contribution in [0.15, 0.2) is 78.9 Å². The van der Waals surface area contributed by atoms with Gasteiger partial charge in [0.05, 0.1) is 35.5 Å². The Hall–Kier alpha value is -4.32. The van der Waals surface area contributed by atoms with E-state index in [1.165, 1.54) is 11.1 Å². The van der Waals surface area contributed by atoms with Crippen molar-refractivity contribution in [3.05, 3.63) is 101 Å². The van der Waals surface area contributed by atoms with E-state index < -0.39 is 0 Å². The van der Waals surface area contributed by atoms with Crippen molar-refractivity contribution in [1.29, 1.82) is 0 Å². The van der Waals surface area contributed by atoms with Gasteiger partial charge in [-0.05, 0) is 96.5 Å². The summed E-state index contributed by atoms with van der Waals surface area (Å²) < 4.78 is 33.7. The van der Waals surface area contributed by atoms with Gasteiger partial charge in [0.2, 0.25) is 0 Å². The normalized spacial score (nSPS) is 10.6. The molecule has 0 atom stereocenters. The van der Waals surface area contributed by atoms with Gasteiger partial charge >= 0.3 is 0 Å². The molecule has 0 aromatic heterocycles. The molecule has 4 aromatic rings. The highest BCUT2D eigenvalue weighted by Gasteiger charge is 2.11. The SMILES string of the molecule is COc1cccc(CCc2cc(OC)cc(Oc3ccc(CCc4ccc(OC)c(OC)c4)cc3OC)c2)c1. The van der Waals surface area contributed by atoms with Gasteiger partial charge in [-0.25, -0.2) is 0 Å². The van der Waals surface area contributed by atoms with Crippen LogP contribution in [0, 0.1) is 0 Å². The molecule has 0 fully saturated rings. The molecular formula is C33H36O6. The maximum Gasteiger partial charge on any atom is 0.169 e. The summed E-state index contributed by atoms with van der Waals surface area (Å²) in [5.41, 5.74) is 4.66. The monoisotopic (exact) mass is 528 g/mol. The molecule has 0 bridgehead atoms. The molecule has 6 nitrogen and oxygen atoms in total. The molecule has 0 heterocycles. The topological polar surface area (TPSA) is 55.4 Å². The molecule has 0 amide bonds. The van der Waals surface area contributed by atoms with Gasteiger partial charge in [0.1, 0.15) is 17.2 Å². The van der Waals surface area contributed by atoms with Gasteiger partial charge in [-0.15, -0.1) is 0 Å². The molecule has 39 heavy (non-hydrogen) atoms. The summed E-state index contributed by atoms with van der Waals surface area (Å²) in [5.74, 6) is 5.11. The number of aryl methyl sites for hydroxylation is 4. The van der Waals surface area contributed by atoms with E-state index in [2.05, 4.69) is 24.3 Å². The molecule has 4 rings (SSSR count). The van der Waals surface area contributed by atoms with Crippen molar-refractivity contribution >= 4 is 0 Å². The number of methoxy groups -OCH3 is 5. The maximum atomic E-state index is 6.29. The van der Waals surface area contributed by atoms with E-state index in [1.54, 1.807) is 35.5 Å². The Bertz CT molecular complexity index is 1380. The van der Waals surface area contributed by atoms with Gasteiger partial charge in [-0.2, -0.15) is 0 Å². The van der Waals surface area contributed by atoms with E-state index in [0.29, 0.717) is 17.2 Å². The molecule has 0 aliphatic rings. The minimum absolute atomic E-state index is 0.652. The summed E-state index contributed by atoms with van der Waals surface area (Å²) >= 11 is 0. The molecule has 0 saturated carbocycles. The predicted octanol–water partition coefficient (Wildman–Crippen LogP) is 7.09. The van der Waals surface area contributed by atoms with Gasteiger partial charge in [0.15, 0.2) is 23.0 Å². The molecule has 0 unspecified atom stereocenters.